The minimum atomic E-state index is -0.818. The number of hydrogen-bond acceptors (Lipinski definition) is 2. The first-order valence-electron chi connectivity index (χ1n) is 7.24. The summed E-state index contributed by atoms with van der Waals surface area (Å²) in [5.74, 6) is -2.23. The molecule has 1 N–H and O–H groups in total. The molecule has 3 aromatic rings. The molecule has 0 spiro atoms. The van der Waals surface area contributed by atoms with Crippen LogP contribution in [0.5, 0.6) is 0 Å². The number of pyridine rings is 1. The number of benzene rings is 1. The molecule has 2 heterocycles. The Kier molecular flexibility index (Phi) is 3.82. The van der Waals surface area contributed by atoms with E-state index in [0.29, 0.717) is 17.8 Å². The van der Waals surface area contributed by atoms with Crippen molar-refractivity contribution in [2.75, 3.05) is 5.32 Å². The van der Waals surface area contributed by atoms with E-state index in [0.717, 1.165) is 17.7 Å². The highest BCUT2D eigenvalue weighted by molar-refractivity contribution is 6.04. The third-order valence-corrected chi connectivity index (χ3v) is 3.61. The van der Waals surface area contributed by atoms with E-state index in [1.54, 1.807) is 10.6 Å². The van der Waals surface area contributed by atoms with Gasteiger partial charge in [-0.2, -0.15) is 0 Å². The molecule has 3 rings (SSSR count). The van der Waals surface area contributed by atoms with Crippen LogP contribution in [0.3, 0.4) is 0 Å². The quantitative estimate of drug-likeness (QED) is 0.800. The summed E-state index contributed by atoms with van der Waals surface area (Å²) in [5.41, 5.74) is 2.04. The van der Waals surface area contributed by atoms with Crippen LogP contribution in [0.1, 0.15) is 28.7 Å². The zero-order valence-corrected chi connectivity index (χ0v) is 12.7. The molecule has 23 heavy (non-hydrogen) atoms. The number of halogens is 2. The number of carbonyl (C=O) groups is 1. The lowest BCUT2D eigenvalue weighted by Gasteiger charge is -2.08. The zero-order valence-electron chi connectivity index (χ0n) is 12.7. The van der Waals surface area contributed by atoms with Crippen molar-refractivity contribution in [3.8, 4) is 0 Å². The van der Waals surface area contributed by atoms with Crippen molar-refractivity contribution < 1.29 is 13.6 Å². The minimum Gasteiger partial charge on any atom is -0.316 e. The Morgan fingerprint density at radius 3 is 2.61 bits per heavy atom. The Morgan fingerprint density at radius 1 is 1.26 bits per heavy atom. The fourth-order valence-corrected chi connectivity index (χ4v) is 2.47. The third-order valence-electron chi connectivity index (χ3n) is 3.61. The third kappa shape index (κ3) is 2.67. The lowest BCUT2D eigenvalue weighted by Crippen LogP contribution is -2.18. The largest absolute Gasteiger partial charge is 0.316 e. The van der Waals surface area contributed by atoms with Crippen LogP contribution in [0, 0.1) is 18.6 Å². The summed E-state index contributed by atoms with van der Waals surface area (Å²) in [7, 11) is 0. The second-order valence-electron chi connectivity index (χ2n) is 5.24. The smallest absolute Gasteiger partial charge is 0.274 e. The van der Waals surface area contributed by atoms with Crippen LogP contribution in [-0.2, 0) is 6.42 Å². The number of rotatable bonds is 3. The van der Waals surface area contributed by atoms with Crippen LogP contribution in [0.15, 0.2) is 36.5 Å². The monoisotopic (exact) mass is 315 g/mol. The highest BCUT2D eigenvalue weighted by Gasteiger charge is 2.20. The van der Waals surface area contributed by atoms with Gasteiger partial charge < -0.3 is 5.32 Å². The number of nitrogens with one attached hydrogen (secondary N) is 1. The predicted molar refractivity (Wildman–Crippen MR) is 83.6 cm³/mol. The molecule has 0 bridgehead atoms. The van der Waals surface area contributed by atoms with Crippen LogP contribution in [0.2, 0.25) is 0 Å². The van der Waals surface area contributed by atoms with Crippen molar-refractivity contribution in [2.24, 2.45) is 0 Å². The van der Waals surface area contributed by atoms with E-state index in [9.17, 15) is 13.6 Å². The van der Waals surface area contributed by atoms with E-state index in [1.807, 2.05) is 26.0 Å². The van der Waals surface area contributed by atoms with E-state index in [1.165, 1.54) is 6.07 Å². The predicted octanol–water partition coefficient (Wildman–Crippen LogP) is 3.74. The number of amides is 1. The molecule has 0 saturated heterocycles. The summed E-state index contributed by atoms with van der Waals surface area (Å²) < 4.78 is 29.1. The molecule has 0 fully saturated rings. The lowest BCUT2D eigenvalue weighted by atomic mass is 10.2. The van der Waals surface area contributed by atoms with Crippen molar-refractivity contribution in [3.63, 3.8) is 0 Å². The van der Waals surface area contributed by atoms with Gasteiger partial charge in [-0.05, 0) is 43.2 Å². The molecule has 1 aromatic carbocycles. The van der Waals surface area contributed by atoms with E-state index in [-0.39, 0.29) is 5.69 Å². The Hall–Kier alpha value is -2.76. The summed E-state index contributed by atoms with van der Waals surface area (Å²) in [6.45, 7) is 3.80. The van der Waals surface area contributed by atoms with E-state index in [4.69, 9.17) is 0 Å². The number of nitrogens with zero attached hydrogens (tertiary/aromatic N) is 2. The van der Waals surface area contributed by atoms with Crippen molar-refractivity contribution in [1.82, 2.24) is 9.38 Å². The number of hydrogen-bond donors (Lipinski definition) is 1. The van der Waals surface area contributed by atoms with Gasteiger partial charge in [0, 0.05) is 6.20 Å². The Bertz CT molecular complexity index is 882. The SMILES string of the molecule is CCc1nc2cc(C)ccn2c1C(=O)Nc1c(F)cccc1F. The molecule has 0 unspecified atom stereocenters. The van der Waals surface area contributed by atoms with E-state index in [2.05, 4.69) is 10.3 Å². The summed E-state index contributed by atoms with van der Waals surface area (Å²) in [6.07, 6.45) is 2.26. The standard InChI is InChI=1S/C17H15F2N3O/c1-3-13-16(22-8-7-10(2)9-14(22)20-13)17(23)21-15-11(18)5-4-6-12(15)19/h4-9H,3H2,1-2H3,(H,21,23). The topological polar surface area (TPSA) is 46.4 Å². The first-order chi connectivity index (χ1) is 11.0. The molecule has 0 aliphatic heterocycles. The molecule has 118 valence electrons. The molecular formula is C17H15F2N3O. The molecule has 6 heteroatoms. The number of aryl methyl sites for hydroxylation is 2. The van der Waals surface area contributed by atoms with Crippen molar-refractivity contribution >= 4 is 17.2 Å². The fraction of sp³-hybridized carbons (Fsp3) is 0.176. The fourth-order valence-electron chi connectivity index (χ4n) is 2.47. The molecule has 0 radical (unpaired) electrons. The van der Waals surface area contributed by atoms with Gasteiger partial charge in [-0.15, -0.1) is 0 Å². The first kappa shape index (κ1) is 15.1. The van der Waals surface area contributed by atoms with Crippen molar-refractivity contribution in [1.29, 1.82) is 0 Å². The van der Waals surface area contributed by atoms with Crippen LogP contribution >= 0.6 is 0 Å². The molecule has 2 aromatic heterocycles. The van der Waals surface area contributed by atoms with E-state index < -0.39 is 23.2 Å². The number of carbonyl (C=O) groups excluding carboxylic acids is 1. The van der Waals surface area contributed by atoms with Crippen LogP contribution in [0.4, 0.5) is 14.5 Å². The Balaban J connectivity index is 2.07. The van der Waals surface area contributed by atoms with Gasteiger partial charge in [-0.25, -0.2) is 13.8 Å². The molecule has 1 amide bonds. The van der Waals surface area contributed by atoms with E-state index >= 15 is 0 Å². The molecule has 0 saturated carbocycles. The second kappa shape index (κ2) is 5.79. The molecule has 0 atom stereocenters. The summed E-state index contributed by atoms with van der Waals surface area (Å²) in [5, 5.41) is 2.31. The van der Waals surface area contributed by atoms with Gasteiger partial charge in [0.1, 0.15) is 28.7 Å². The second-order valence-corrected chi connectivity index (χ2v) is 5.24. The van der Waals surface area contributed by atoms with Gasteiger partial charge in [-0.3, -0.25) is 9.20 Å². The van der Waals surface area contributed by atoms with Gasteiger partial charge in [0.15, 0.2) is 0 Å². The van der Waals surface area contributed by atoms with Gasteiger partial charge in [0.25, 0.3) is 5.91 Å². The Morgan fingerprint density at radius 2 is 1.96 bits per heavy atom. The normalized spacial score (nSPS) is 11.0. The molecular weight excluding hydrogens is 300 g/mol. The molecule has 0 aliphatic rings. The highest BCUT2D eigenvalue weighted by atomic mass is 19.1. The lowest BCUT2D eigenvalue weighted by molar-refractivity contribution is 0.101. The Labute approximate surface area is 131 Å². The average molecular weight is 315 g/mol. The highest BCUT2D eigenvalue weighted by Crippen LogP contribution is 2.21. The number of fused-ring (bicyclic) bond motifs is 1. The van der Waals surface area contributed by atoms with Crippen LogP contribution in [-0.4, -0.2) is 15.3 Å². The maximum absolute atomic E-state index is 13.7. The molecule has 4 nitrogen and oxygen atoms in total. The number of para-hydroxylation sites is 1. The zero-order chi connectivity index (χ0) is 16.6. The summed E-state index contributed by atoms with van der Waals surface area (Å²) in [4.78, 5) is 17.0. The number of aromatic nitrogens is 2. The van der Waals surface area contributed by atoms with Gasteiger partial charge in [0.05, 0.1) is 5.69 Å². The van der Waals surface area contributed by atoms with Crippen LogP contribution < -0.4 is 5.32 Å². The maximum atomic E-state index is 13.7. The average Bonchev–Trinajstić information content (AvgIpc) is 2.88. The summed E-state index contributed by atoms with van der Waals surface area (Å²) in [6, 6.07) is 7.12. The number of anilines is 1. The van der Waals surface area contributed by atoms with Crippen molar-refractivity contribution in [2.45, 2.75) is 20.3 Å². The minimum absolute atomic E-state index is 0.283. The van der Waals surface area contributed by atoms with Crippen LogP contribution in [0.25, 0.3) is 5.65 Å². The first-order valence-corrected chi connectivity index (χ1v) is 7.24. The van der Waals surface area contributed by atoms with Gasteiger partial charge >= 0.3 is 0 Å². The number of imidazole rings is 1. The summed E-state index contributed by atoms with van der Waals surface area (Å²) >= 11 is 0. The molecule has 0 aliphatic carbocycles. The van der Waals surface area contributed by atoms with Crippen molar-refractivity contribution in [3.05, 3.63) is 65.1 Å². The van der Waals surface area contributed by atoms with Gasteiger partial charge in [-0.1, -0.05) is 13.0 Å². The maximum Gasteiger partial charge on any atom is 0.274 e. The van der Waals surface area contributed by atoms with Gasteiger partial charge in [0.2, 0.25) is 0 Å².